The van der Waals surface area contributed by atoms with Gasteiger partial charge in [0.05, 0.1) is 17.7 Å². The van der Waals surface area contributed by atoms with Crippen molar-refractivity contribution in [3.63, 3.8) is 0 Å². The normalized spacial score (nSPS) is 32.2. The van der Waals surface area contributed by atoms with Gasteiger partial charge in [-0.3, -0.25) is 9.69 Å². The molecule has 2 aliphatic heterocycles. The van der Waals surface area contributed by atoms with E-state index in [0.29, 0.717) is 25.9 Å². The Kier molecular flexibility index (Phi) is 4.86. The minimum absolute atomic E-state index is 0.0717. The summed E-state index contributed by atoms with van der Waals surface area (Å²) in [4.78, 5) is 17.6. The van der Waals surface area contributed by atoms with Crippen molar-refractivity contribution in [2.75, 3.05) is 26.2 Å². The first-order valence-electron chi connectivity index (χ1n) is 11.9. The lowest BCUT2D eigenvalue weighted by Crippen LogP contribution is -2.71. The summed E-state index contributed by atoms with van der Waals surface area (Å²) in [5, 5.41) is 24.7. The Morgan fingerprint density at radius 1 is 1.16 bits per heavy atom. The number of phenols is 1. The molecule has 6 nitrogen and oxygen atoms in total. The molecule has 3 atom stereocenters. The van der Waals surface area contributed by atoms with Gasteiger partial charge in [0.25, 0.3) is 0 Å². The zero-order valence-electron chi connectivity index (χ0n) is 18.4. The van der Waals surface area contributed by atoms with E-state index in [0.717, 1.165) is 49.5 Å². The standard InChI is InChI=1S/C25H31N3O3S/c29-20-4-3-18-13-22-25(31)8-11-27(23(30)14-19-5-12-32-26-19)9-6-24(25,21(18)15-20)7-10-28(22)16-17-1-2-17/h3-5,12,15,17,22,29,31H,1-2,6-11,13-14,16H2/t22-,24+,25-/m1/s1. The van der Waals surface area contributed by atoms with Gasteiger partial charge in [-0.1, -0.05) is 6.07 Å². The average Bonchev–Trinajstić information content (AvgIpc) is 3.48. The first kappa shape index (κ1) is 20.6. The van der Waals surface area contributed by atoms with Crippen molar-refractivity contribution in [1.82, 2.24) is 14.2 Å². The van der Waals surface area contributed by atoms with Gasteiger partial charge in [-0.05, 0) is 91.8 Å². The highest BCUT2D eigenvalue weighted by molar-refractivity contribution is 7.03. The van der Waals surface area contributed by atoms with E-state index in [1.165, 1.54) is 29.9 Å². The van der Waals surface area contributed by atoms with Gasteiger partial charge in [0.2, 0.25) is 5.91 Å². The fourth-order valence-electron chi connectivity index (χ4n) is 6.71. The number of nitrogens with zero attached hydrogens (tertiary/aromatic N) is 3. The first-order chi connectivity index (χ1) is 15.5. The monoisotopic (exact) mass is 453 g/mol. The summed E-state index contributed by atoms with van der Waals surface area (Å²) in [6.07, 6.45) is 5.92. The van der Waals surface area contributed by atoms with Crippen LogP contribution in [0.5, 0.6) is 5.75 Å². The van der Waals surface area contributed by atoms with Crippen molar-refractivity contribution >= 4 is 17.4 Å². The van der Waals surface area contributed by atoms with Crippen LogP contribution in [0.4, 0.5) is 0 Å². The van der Waals surface area contributed by atoms with E-state index in [9.17, 15) is 15.0 Å². The summed E-state index contributed by atoms with van der Waals surface area (Å²) in [5.74, 6) is 1.13. The molecular weight excluding hydrogens is 422 g/mol. The molecule has 170 valence electrons. The van der Waals surface area contributed by atoms with Crippen LogP contribution in [0.15, 0.2) is 29.6 Å². The maximum absolute atomic E-state index is 13.1. The van der Waals surface area contributed by atoms with Crippen LogP contribution < -0.4 is 0 Å². The molecular formula is C25H31N3O3S. The molecule has 1 amide bonds. The molecule has 2 bridgehead atoms. The number of carbonyl (C=O) groups excluding carboxylic acids is 1. The van der Waals surface area contributed by atoms with Crippen molar-refractivity contribution in [2.45, 2.75) is 62.0 Å². The van der Waals surface area contributed by atoms with Gasteiger partial charge in [0, 0.05) is 36.5 Å². The Balaban J connectivity index is 1.36. The average molecular weight is 454 g/mol. The number of likely N-dealkylation sites (tertiary alicyclic amines) is 2. The minimum Gasteiger partial charge on any atom is -0.508 e. The third-order valence-electron chi connectivity index (χ3n) is 8.61. The van der Waals surface area contributed by atoms with Gasteiger partial charge in [-0.2, -0.15) is 4.37 Å². The SMILES string of the molecule is O=C(Cc1ccsn1)N1CC[C@]23CCN(CC4CC4)[C@H](Cc4ccc(O)cc42)[C@]3(O)CC1. The Morgan fingerprint density at radius 2 is 1.97 bits per heavy atom. The molecule has 0 spiro atoms. The largest absolute Gasteiger partial charge is 0.508 e. The van der Waals surface area contributed by atoms with Gasteiger partial charge < -0.3 is 15.1 Å². The Bertz CT molecular complexity index is 1020. The highest BCUT2D eigenvalue weighted by Gasteiger charge is 2.63. The van der Waals surface area contributed by atoms with Crippen LogP contribution in [0.1, 0.15) is 48.9 Å². The zero-order chi connectivity index (χ0) is 21.9. The molecule has 3 heterocycles. The van der Waals surface area contributed by atoms with Crippen LogP contribution in [0.2, 0.25) is 0 Å². The van der Waals surface area contributed by atoms with E-state index in [4.69, 9.17) is 0 Å². The number of rotatable bonds is 4. The number of aromatic nitrogens is 1. The van der Waals surface area contributed by atoms with E-state index >= 15 is 0 Å². The molecule has 0 unspecified atom stereocenters. The number of amides is 1. The number of piperidine rings is 1. The molecule has 7 heteroatoms. The third-order valence-corrected chi connectivity index (χ3v) is 9.20. The van der Waals surface area contributed by atoms with E-state index in [2.05, 4.69) is 15.3 Å². The van der Waals surface area contributed by atoms with Crippen molar-refractivity contribution in [2.24, 2.45) is 5.92 Å². The van der Waals surface area contributed by atoms with Crippen LogP contribution in [0.25, 0.3) is 0 Å². The summed E-state index contributed by atoms with van der Waals surface area (Å²) >= 11 is 1.37. The second kappa shape index (κ2) is 7.54. The summed E-state index contributed by atoms with van der Waals surface area (Å²) in [6.45, 7) is 3.26. The lowest BCUT2D eigenvalue weighted by Gasteiger charge is -2.61. The molecule has 1 aromatic heterocycles. The van der Waals surface area contributed by atoms with E-state index in [-0.39, 0.29) is 17.7 Å². The van der Waals surface area contributed by atoms with Crippen LogP contribution in [-0.2, 0) is 23.1 Å². The van der Waals surface area contributed by atoms with Crippen LogP contribution in [-0.4, -0.2) is 68.1 Å². The second-order valence-electron chi connectivity index (χ2n) is 10.3. The fraction of sp³-hybridized carbons (Fsp3) is 0.600. The Morgan fingerprint density at radius 3 is 2.75 bits per heavy atom. The predicted molar refractivity (Wildman–Crippen MR) is 123 cm³/mol. The number of fused-ring (bicyclic) bond motifs is 1. The minimum atomic E-state index is -0.892. The summed E-state index contributed by atoms with van der Waals surface area (Å²) in [6, 6.07) is 7.70. The molecule has 0 radical (unpaired) electrons. The maximum atomic E-state index is 13.1. The van der Waals surface area contributed by atoms with Gasteiger partial charge >= 0.3 is 0 Å². The molecule has 2 aromatic rings. The molecule has 3 fully saturated rings. The third kappa shape index (κ3) is 3.20. The van der Waals surface area contributed by atoms with Crippen molar-refractivity contribution in [3.8, 4) is 5.75 Å². The molecule has 2 aliphatic carbocycles. The van der Waals surface area contributed by atoms with Crippen molar-refractivity contribution in [1.29, 1.82) is 0 Å². The maximum Gasteiger partial charge on any atom is 0.228 e. The van der Waals surface area contributed by atoms with E-state index < -0.39 is 11.0 Å². The number of carbonyl (C=O) groups is 1. The summed E-state index contributed by atoms with van der Waals surface area (Å²) < 4.78 is 4.31. The zero-order valence-corrected chi connectivity index (χ0v) is 19.2. The summed E-state index contributed by atoms with van der Waals surface area (Å²) in [5.41, 5.74) is 1.87. The van der Waals surface area contributed by atoms with Crippen LogP contribution in [0.3, 0.4) is 0 Å². The quantitative estimate of drug-likeness (QED) is 0.745. The molecule has 6 rings (SSSR count). The van der Waals surface area contributed by atoms with Gasteiger partial charge in [0.15, 0.2) is 0 Å². The molecule has 2 saturated heterocycles. The highest BCUT2D eigenvalue weighted by atomic mass is 32.1. The number of phenolic OH excluding ortho intramolecular Hbond substituents is 1. The second-order valence-corrected chi connectivity index (χ2v) is 11.0. The lowest BCUT2D eigenvalue weighted by molar-refractivity contribution is -0.149. The fourth-order valence-corrected chi connectivity index (χ4v) is 7.25. The number of benzene rings is 1. The van der Waals surface area contributed by atoms with Crippen molar-refractivity contribution in [3.05, 3.63) is 46.5 Å². The number of aliphatic hydroxyl groups is 1. The van der Waals surface area contributed by atoms with Crippen molar-refractivity contribution < 1.29 is 15.0 Å². The Hall–Kier alpha value is -1.96. The topological polar surface area (TPSA) is 76.9 Å². The predicted octanol–water partition coefficient (Wildman–Crippen LogP) is 2.72. The van der Waals surface area contributed by atoms with Gasteiger partial charge in [0.1, 0.15) is 5.75 Å². The molecule has 32 heavy (non-hydrogen) atoms. The van der Waals surface area contributed by atoms with E-state index in [1.54, 1.807) is 6.07 Å². The molecule has 1 saturated carbocycles. The van der Waals surface area contributed by atoms with Gasteiger partial charge in [-0.25, -0.2) is 0 Å². The first-order valence-corrected chi connectivity index (χ1v) is 12.8. The number of aromatic hydroxyl groups is 1. The number of hydrogen-bond acceptors (Lipinski definition) is 6. The number of hydrogen-bond donors (Lipinski definition) is 2. The lowest BCUT2D eigenvalue weighted by atomic mass is 9.52. The molecule has 1 aromatic carbocycles. The summed E-state index contributed by atoms with van der Waals surface area (Å²) in [7, 11) is 0. The Labute approximate surface area is 193 Å². The smallest absolute Gasteiger partial charge is 0.228 e. The molecule has 2 N–H and O–H groups in total. The molecule has 4 aliphatic rings. The van der Waals surface area contributed by atoms with Crippen LogP contribution in [0, 0.1) is 5.92 Å². The highest BCUT2D eigenvalue weighted by Crippen LogP contribution is 2.56. The van der Waals surface area contributed by atoms with E-state index in [1.807, 2.05) is 22.4 Å². The van der Waals surface area contributed by atoms with Gasteiger partial charge in [-0.15, -0.1) is 0 Å². The van der Waals surface area contributed by atoms with Crippen LogP contribution >= 0.6 is 11.5 Å².